The van der Waals surface area contributed by atoms with Crippen molar-refractivity contribution in [3.63, 3.8) is 0 Å². The molecule has 4 rings (SSSR count). The molecule has 0 bridgehead atoms. The van der Waals surface area contributed by atoms with E-state index in [9.17, 15) is 19.5 Å². The van der Waals surface area contributed by atoms with Crippen molar-refractivity contribution < 1.29 is 19.5 Å². The summed E-state index contributed by atoms with van der Waals surface area (Å²) < 4.78 is 0. The van der Waals surface area contributed by atoms with Gasteiger partial charge < -0.3 is 15.3 Å². The van der Waals surface area contributed by atoms with Gasteiger partial charge in [0.2, 0.25) is 11.8 Å². The van der Waals surface area contributed by atoms with Crippen LogP contribution in [0.3, 0.4) is 0 Å². The van der Waals surface area contributed by atoms with E-state index in [2.05, 4.69) is 15.5 Å². The second kappa shape index (κ2) is 7.27. The molecular weight excluding hydrogens is 360 g/mol. The number of carbonyl (C=O) groups is 3. The van der Waals surface area contributed by atoms with E-state index in [1.807, 2.05) is 25.1 Å². The van der Waals surface area contributed by atoms with Gasteiger partial charge in [0.1, 0.15) is 6.04 Å². The van der Waals surface area contributed by atoms with Crippen LogP contribution in [0.25, 0.3) is 0 Å². The number of aliphatic hydroxyl groups excluding tert-OH is 1. The van der Waals surface area contributed by atoms with Crippen LogP contribution in [0.2, 0.25) is 0 Å². The number of hydrogen-bond donors (Lipinski definition) is 3. The highest BCUT2D eigenvalue weighted by molar-refractivity contribution is 6.05. The standard InChI is InChI=1S/C20H26N4O4/c1-20(12-25)11-21-7-8-23(20)9-13-3-2-4-14-10-24(19(28)17(13)14)15-5-6-16(26)22-18(15)27/h2-4,15,21,25H,5-12H2,1H3,(H,22,26,27). The number of piperazine rings is 1. The molecule has 3 N–H and O–H groups in total. The summed E-state index contributed by atoms with van der Waals surface area (Å²) in [5.41, 5.74) is 2.10. The highest BCUT2D eigenvalue weighted by Gasteiger charge is 2.41. The number of fused-ring (bicyclic) bond motifs is 1. The quantitative estimate of drug-likeness (QED) is 0.609. The number of hydrogen-bond acceptors (Lipinski definition) is 6. The highest BCUT2D eigenvalue weighted by atomic mass is 16.3. The molecule has 2 unspecified atom stereocenters. The molecule has 0 radical (unpaired) electrons. The number of amides is 3. The molecular formula is C20H26N4O4. The van der Waals surface area contributed by atoms with E-state index >= 15 is 0 Å². The molecule has 3 amide bonds. The number of imide groups is 1. The molecule has 3 aliphatic rings. The smallest absolute Gasteiger partial charge is 0.255 e. The monoisotopic (exact) mass is 386 g/mol. The molecule has 0 aliphatic carbocycles. The first-order valence-corrected chi connectivity index (χ1v) is 9.75. The molecule has 2 fully saturated rings. The number of nitrogens with one attached hydrogen (secondary N) is 2. The third-order valence-electron chi connectivity index (χ3n) is 6.17. The first kappa shape index (κ1) is 19.0. The van der Waals surface area contributed by atoms with E-state index in [0.717, 1.165) is 24.2 Å². The summed E-state index contributed by atoms with van der Waals surface area (Å²) in [6.07, 6.45) is 0.610. The van der Waals surface area contributed by atoms with Gasteiger partial charge in [-0.2, -0.15) is 0 Å². The van der Waals surface area contributed by atoms with E-state index in [0.29, 0.717) is 31.6 Å². The van der Waals surface area contributed by atoms with Gasteiger partial charge in [-0.05, 0) is 24.5 Å². The fourth-order valence-electron chi connectivity index (χ4n) is 4.41. The zero-order chi connectivity index (χ0) is 19.9. The number of rotatable bonds is 4. The lowest BCUT2D eigenvalue weighted by atomic mass is 9.95. The zero-order valence-corrected chi connectivity index (χ0v) is 16.0. The van der Waals surface area contributed by atoms with Gasteiger partial charge in [0.25, 0.3) is 5.91 Å². The van der Waals surface area contributed by atoms with Gasteiger partial charge in [-0.15, -0.1) is 0 Å². The van der Waals surface area contributed by atoms with Crippen molar-refractivity contribution in [2.24, 2.45) is 0 Å². The number of benzene rings is 1. The Balaban J connectivity index is 1.58. The summed E-state index contributed by atoms with van der Waals surface area (Å²) in [6.45, 7) is 5.30. The molecule has 8 nitrogen and oxygen atoms in total. The molecule has 0 aromatic heterocycles. The van der Waals surface area contributed by atoms with Crippen LogP contribution >= 0.6 is 0 Å². The zero-order valence-electron chi connectivity index (χ0n) is 16.0. The summed E-state index contributed by atoms with van der Waals surface area (Å²) in [4.78, 5) is 40.7. The van der Waals surface area contributed by atoms with Crippen LogP contribution in [0.4, 0.5) is 0 Å². The fourth-order valence-corrected chi connectivity index (χ4v) is 4.41. The SMILES string of the molecule is CC1(CO)CNCCN1Cc1cccc2c1C(=O)N(C1CCC(=O)NC1=O)C2. The van der Waals surface area contributed by atoms with Gasteiger partial charge in [0.05, 0.1) is 12.1 Å². The van der Waals surface area contributed by atoms with Crippen molar-refractivity contribution in [3.8, 4) is 0 Å². The Hall–Kier alpha value is -2.29. The maximum Gasteiger partial charge on any atom is 0.255 e. The Kier molecular flexibility index (Phi) is 4.95. The van der Waals surface area contributed by atoms with Crippen molar-refractivity contribution >= 4 is 17.7 Å². The number of aliphatic hydroxyl groups is 1. The average Bonchev–Trinajstić information content (AvgIpc) is 3.01. The van der Waals surface area contributed by atoms with Crippen LogP contribution in [-0.4, -0.2) is 70.4 Å². The number of piperidine rings is 1. The highest BCUT2D eigenvalue weighted by Crippen LogP contribution is 2.31. The molecule has 2 atom stereocenters. The van der Waals surface area contributed by atoms with Crippen molar-refractivity contribution in [1.82, 2.24) is 20.4 Å². The molecule has 8 heteroatoms. The number of nitrogens with zero attached hydrogens (tertiary/aromatic N) is 2. The Labute approximate surface area is 163 Å². The van der Waals surface area contributed by atoms with E-state index in [4.69, 9.17) is 0 Å². The van der Waals surface area contributed by atoms with E-state index < -0.39 is 11.9 Å². The van der Waals surface area contributed by atoms with Gasteiger partial charge in [0.15, 0.2) is 0 Å². The Morgan fingerprint density at radius 3 is 2.86 bits per heavy atom. The number of carbonyl (C=O) groups excluding carboxylic acids is 3. The third kappa shape index (κ3) is 3.21. The van der Waals surface area contributed by atoms with Gasteiger partial charge in [-0.1, -0.05) is 18.2 Å². The second-order valence-electron chi connectivity index (χ2n) is 8.10. The van der Waals surface area contributed by atoms with E-state index in [-0.39, 0.29) is 30.4 Å². The summed E-state index contributed by atoms with van der Waals surface area (Å²) in [5.74, 6) is -0.831. The minimum absolute atomic E-state index is 0.0331. The van der Waals surface area contributed by atoms with Crippen LogP contribution in [0, 0.1) is 0 Å². The summed E-state index contributed by atoms with van der Waals surface area (Å²) in [5, 5.41) is 15.5. The summed E-state index contributed by atoms with van der Waals surface area (Å²) in [7, 11) is 0. The lowest BCUT2D eigenvalue weighted by Crippen LogP contribution is -2.61. The lowest BCUT2D eigenvalue weighted by molar-refractivity contribution is -0.136. The van der Waals surface area contributed by atoms with E-state index in [1.165, 1.54) is 0 Å². The largest absolute Gasteiger partial charge is 0.394 e. The van der Waals surface area contributed by atoms with Crippen LogP contribution in [0.15, 0.2) is 18.2 Å². The van der Waals surface area contributed by atoms with Crippen molar-refractivity contribution in [2.75, 3.05) is 26.2 Å². The molecule has 1 aromatic rings. The second-order valence-corrected chi connectivity index (χ2v) is 8.10. The Bertz CT molecular complexity index is 826. The molecule has 28 heavy (non-hydrogen) atoms. The van der Waals surface area contributed by atoms with Gasteiger partial charge >= 0.3 is 0 Å². The first-order valence-electron chi connectivity index (χ1n) is 9.75. The minimum atomic E-state index is -0.604. The maximum atomic E-state index is 13.2. The Morgan fingerprint density at radius 1 is 1.29 bits per heavy atom. The molecule has 3 heterocycles. The normalized spacial score (nSPS) is 28.4. The molecule has 2 saturated heterocycles. The topological polar surface area (TPSA) is 102 Å². The maximum absolute atomic E-state index is 13.2. The predicted octanol–water partition coefficient (Wildman–Crippen LogP) is -0.396. The van der Waals surface area contributed by atoms with Crippen molar-refractivity contribution in [3.05, 3.63) is 34.9 Å². The van der Waals surface area contributed by atoms with Crippen LogP contribution < -0.4 is 10.6 Å². The average molecular weight is 386 g/mol. The molecule has 150 valence electrons. The molecule has 3 aliphatic heterocycles. The van der Waals surface area contributed by atoms with Gasteiger partial charge in [-0.25, -0.2) is 0 Å². The molecule has 1 aromatic carbocycles. The van der Waals surface area contributed by atoms with Gasteiger partial charge in [0, 0.05) is 44.7 Å². The van der Waals surface area contributed by atoms with Crippen LogP contribution in [0.1, 0.15) is 41.3 Å². The first-order chi connectivity index (χ1) is 13.4. The third-order valence-corrected chi connectivity index (χ3v) is 6.17. The van der Waals surface area contributed by atoms with E-state index in [1.54, 1.807) is 4.90 Å². The molecule has 0 spiro atoms. The minimum Gasteiger partial charge on any atom is -0.394 e. The molecule has 0 saturated carbocycles. The predicted molar refractivity (Wildman–Crippen MR) is 101 cm³/mol. The fraction of sp³-hybridized carbons (Fsp3) is 0.550. The van der Waals surface area contributed by atoms with Crippen LogP contribution in [-0.2, 0) is 22.7 Å². The van der Waals surface area contributed by atoms with Crippen molar-refractivity contribution in [1.29, 1.82) is 0 Å². The van der Waals surface area contributed by atoms with Crippen molar-refractivity contribution in [2.45, 2.75) is 44.4 Å². The Morgan fingerprint density at radius 2 is 2.11 bits per heavy atom. The summed E-state index contributed by atoms with van der Waals surface area (Å²) >= 11 is 0. The summed E-state index contributed by atoms with van der Waals surface area (Å²) in [6, 6.07) is 5.21. The van der Waals surface area contributed by atoms with Crippen LogP contribution in [0.5, 0.6) is 0 Å². The van der Waals surface area contributed by atoms with Gasteiger partial charge in [-0.3, -0.25) is 24.6 Å². The lowest BCUT2D eigenvalue weighted by Gasteiger charge is -2.44.